The minimum absolute atomic E-state index is 0.0408. The third-order valence-corrected chi connectivity index (χ3v) is 6.70. The molecule has 1 atom stereocenters. The molecule has 27 heavy (non-hydrogen) atoms. The van der Waals surface area contributed by atoms with E-state index >= 15 is 0 Å². The number of aryl methyl sites for hydroxylation is 2. The molecule has 1 unspecified atom stereocenters. The Kier molecular flexibility index (Phi) is 3.99. The molecule has 2 heterocycles. The van der Waals surface area contributed by atoms with Crippen LogP contribution in [0.2, 0.25) is 10.0 Å². The molecule has 1 aromatic heterocycles. The molecule has 0 N–H and O–H groups in total. The van der Waals surface area contributed by atoms with Crippen LogP contribution in [0.15, 0.2) is 36.4 Å². The van der Waals surface area contributed by atoms with E-state index in [1.54, 1.807) is 18.2 Å². The largest absolute Gasteiger partial charge is 0.341 e. The molecule has 5 rings (SSSR count). The van der Waals surface area contributed by atoms with Crippen molar-refractivity contribution in [2.24, 2.45) is 0 Å². The topological polar surface area (TPSA) is 25.2 Å². The molecule has 0 saturated heterocycles. The Labute approximate surface area is 168 Å². The Morgan fingerprint density at radius 3 is 2.74 bits per heavy atom. The molecule has 138 valence electrons. The molecule has 1 amide bonds. The highest BCUT2D eigenvalue weighted by molar-refractivity contribution is 6.42. The van der Waals surface area contributed by atoms with Crippen molar-refractivity contribution in [1.82, 2.24) is 9.47 Å². The van der Waals surface area contributed by atoms with Gasteiger partial charge in [0.05, 0.1) is 16.1 Å². The van der Waals surface area contributed by atoms with Gasteiger partial charge in [-0.25, -0.2) is 0 Å². The van der Waals surface area contributed by atoms with Crippen LogP contribution in [0.3, 0.4) is 0 Å². The summed E-state index contributed by atoms with van der Waals surface area (Å²) in [4.78, 5) is 15.3. The van der Waals surface area contributed by atoms with E-state index in [0.717, 1.165) is 25.8 Å². The Bertz CT molecular complexity index is 1090. The van der Waals surface area contributed by atoms with Crippen LogP contribution in [-0.2, 0) is 13.0 Å². The Balaban J connectivity index is 1.60. The fourth-order valence-corrected chi connectivity index (χ4v) is 5.05. The molecular formula is C22H20Cl2N2O. The number of nitrogens with zero attached hydrogens (tertiary/aromatic N) is 2. The first-order chi connectivity index (χ1) is 13.0. The molecule has 0 bridgehead atoms. The number of aromatic nitrogens is 1. The van der Waals surface area contributed by atoms with Crippen LogP contribution in [0.25, 0.3) is 10.9 Å². The van der Waals surface area contributed by atoms with Crippen molar-refractivity contribution in [1.29, 1.82) is 0 Å². The van der Waals surface area contributed by atoms with E-state index in [-0.39, 0.29) is 11.9 Å². The zero-order valence-corrected chi connectivity index (χ0v) is 16.6. The molecule has 2 aliphatic rings. The lowest BCUT2D eigenvalue weighted by Gasteiger charge is -2.40. The van der Waals surface area contributed by atoms with Crippen LogP contribution in [0.5, 0.6) is 0 Å². The van der Waals surface area contributed by atoms with Crippen molar-refractivity contribution in [3.05, 3.63) is 68.8 Å². The summed E-state index contributed by atoms with van der Waals surface area (Å²) in [5, 5.41) is 2.26. The maximum Gasteiger partial charge on any atom is 0.254 e. The van der Waals surface area contributed by atoms with Crippen molar-refractivity contribution in [3.63, 3.8) is 0 Å². The van der Waals surface area contributed by atoms with E-state index in [1.165, 1.54) is 27.7 Å². The maximum atomic E-state index is 13.3. The van der Waals surface area contributed by atoms with E-state index in [2.05, 4.69) is 29.7 Å². The van der Waals surface area contributed by atoms with Crippen LogP contribution in [0.4, 0.5) is 0 Å². The minimum Gasteiger partial charge on any atom is -0.341 e. The van der Waals surface area contributed by atoms with E-state index < -0.39 is 0 Å². The molecule has 5 heteroatoms. The van der Waals surface area contributed by atoms with E-state index in [1.807, 2.05) is 4.90 Å². The lowest BCUT2D eigenvalue weighted by Crippen LogP contribution is -2.43. The fourth-order valence-electron chi connectivity index (χ4n) is 4.76. The maximum absolute atomic E-state index is 13.3. The monoisotopic (exact) mass is 398 g/mol. The number of benzene rings is 2. The molecule has 1 aliphatic heterocycles. The summed E-state index contributed by atoms with van der Waals surface area (Å²) in [5.74, 6) is 0.0408. The molecular weight excluding hydrogens is 379 g/mol. The number of carbonyl (C=O) groups excluding carboxylic acids is 1. The highest BCUT2D eigenvalue weighted by atomic mass is 35.5. The number of rotatable bonds is 1. The second-order valence-corrected chi connectivity index (χ2v) is 8.39. The van der Waals surface area contributed by atoms with Crippen molar-refractivity contribution in [3.8, 4) is 0 Å². The first-order valence-electron chi connectivity index (χ1n) is 9.42. The first kappa shape index (κ1) is 17.2. The van der Waals surface area contributed by atoms with E-state index in [9.17, 15) is 4.79 Å². The molecule has 3 aromatic rings. The van der Waals surface area contributed by atoms with Gasteiger partial charge in [-0.3, -0.25) is 4.79 Å². The van der Waals surface area contributed by atoms with Gasteiger partial charge in [0.1, 0.15) is 0 Å². The van der Waals surface area contributed by atoms with Crippen molar-refractivity contribution in [2.45, 2.75) is 38.8 Å². The predicted octanol–water partition coefficient (Wildman–Crippen LogP) is 5.79. The Hall–Kier alpha value is -1.97. The lowest BCUT2D eigenvalue weighted by molar-refractivity contribution is 0.0601. The zero-order chi connectivity index (χ0) is 18.7. The van der Waals surface area contributed by atoms with Crippen molar-refractivity contribution >= 4 is 40.0 Å². The van der Waals surface area contributed by atoms with Crippen LogP contribution >= 0.6 is 23.2 Å². The van der Waals surface area contributed by atoms with Crippen molar-refractivity contribution in [2.75, 3.05) is 6.54 Å². The van der Waals surface area contributed by atoms with Crippen LogP contribution < -0.4 is 0 Å². The van der Waals surface area contributed by atoms with Crippen molar-refractivity contribution < 1.29 is 4.79 Å². The van der Waals surface area contributed by atoms with Gasteiger partial charge in [0.15, 0.2) is 0 Å². The number of carbonyl (C=O) groups is 1. The fraction of sp³-hybridized carbons (Fsp3) is 0.318. The van der Waals surface area contributed by atoms with Gasteiger partial charge in [-0.1, -0.05) is 34.8 Å². The third kappa shape index (κ3) is 2.60. The highest BCUT2D eigenvalue weighted by Crippen LogP contribution is 2.43. The second-order valence-electron chi connectivity index (χ2n) is 7.57. The summed E-state index contributed by atoms with van der Waals surface area (Å²) in [5.41, 5.74) is 5.96. The van der Waals surface area contributed by atoms with Gasteiger partial charge in [0, 0.05) is 35.2 Å². The molecule has 2 aromatic carbocycles. The minimum atomic E-state index is 0.0408. The van der Waals surface area contributed by atoms with E-state index in [4.69, 9.17) is 23.2 Å². The molecule has 3 nitrogen and oxygen atoms in total. The van der Waals surface area contributed by atoms with E-state index in [0.29, 0.717) is 22.2 Å². The average Bonchev–Trinajstić information content (AvgIpc) is 2.99. The van der Waals surface area contributed by atoms with Gasteiger partial charge in [-0.2, -0.15) is 0 Å². The average molecular weight is 399 g/mol. The molecule has 0 radical (unpaired) electrons. The highest BCUT2D eigenvalue weighted by Gasteiger charge is 2.37. The summed E-state index contributed by atoms with van der Waals surface area (Å²) >= 11 is 12.2. The number of hydrogen-bond donors (Lipinski definition) is 0. The van der Waals surface area contributed by atoms with Crippen LogP contribution in [-0.4, -0.2) is 21.9 Å². The standard InChI is InChI=1S/C22H20Cl2N2O/c1-13-5-8-19-16(11-13)15-3-2-4-20-21(15)25(19)9-10-26(20)22(27)14-6-7-17(23)18(24)12-14/h5-8,11-12,20H,2-4,9-10H2,1H3. The van der Waals surface area contributed by atoms with Gasteiger partial charge in [-0.15, -0.1) is 0 Å². The van der Waals surface area contributed by atoms with Crippen LogP contribution in [0, 0.1) is 6.92 Å². The summed E-state index contributed by atoms with van der Waals surface area (Å²) in [7, 11) is 0. The number of hydrogen-bond acceptors (Lipinski definition) is 1. The summed E-state index contributed by atoms with van der Waals surface area (Å²) in [6.07, 6.45) is 3.21. The molecule has 0 saturated carbocycles. The summed E-state index contributed by atoms with van der Waals surface area (Å²) < 4.78 is 2.44. The van der Waals surface area contributed by atoms with Gasteiger partial charge in [0.2, 0.25) is 0 Å². The SMILES string of the molecule is Cc1ccc2c(c1)c1c3n2CCN(C(=O)c2ccc(Cl)c(Cl)c2)C3CCC1. The summed E-state index contributed by atoms with van der Waals surface area (Å²) in [6, 6.07) is 12.0. The van der Waals surface area contributed by atoms with Gasteiger partial charge in [0.25, 0.3) is 5.91 Å². The second kappa shape index (κ2) is 6.29. The normalized spacial score (nSPS) is 18.6. The molecule has 0 spiro atoms. The molecule has 1 aliphatic carbocycles. The number of fused-ring (bicyclic) bond motifs is 3. The van der Waals surface area contributed by atoms with Gasteiger partial charge < -0.3 is 9.47 Å². The Morgan fingerprint density at radius 2 is 1.93 bits per heavy atom. The number of halogens is 2. The predicted molar refractivity (Wildman–Crippen MR) is 110 cm³/mol. The number of amides is 1. The Morgan fingerprint density at radius 1 is 1.07 bits per heavy atom. The summed E-state index contributed by atoms with van der Waals surface area (Å²) in [6.45, 7) is 3.69. The van der Waals surface area contributed by atoms with Crippen LogP contribution in [0.1, 0.15) is 46.1 Å². The first-order valence-corrected chi connectivity index (χ1v) is 10.2. The van der Waals surface area contributed by atoms with Gasteiger partial charge >= 0.3 is 0 Å². The molecule has 0 fully saturated rings. The zero-order valence-electron chi connectivity index (χ0n) is 15.1. The smallest absolute Gasteiger partial charge is 0.254 e. The quantitative estimate of drug-likeness (QED) is 0.509. The third-order valence-electron chi connectivity index (χ3n) is 5.96. The lowest BCUT2D eigenvalue weighted by atomic mass is 9.89. The van der Waals surface area contributed by atoms with Gasteiger partial charge in [-0.05, 0) is 62.1 Å².